The van der Waals surface area contributed by atoms with Gasteiger partial charge in [-0.15, -0.1) is 0 Å². The summed E-state index contributed by atoms with van der Waals surface area (Å²) in [6.07, 6.45) is 7.03. The summed E-state index contributed by atoms with van der Waals surface area (Å²) in [6, 6.07) is 6.17. The highest BCUT2D eigenvalue weighted by molar-refractivity contribution is 7.89. The van der Waals surface area contributed by atoms with Gasteiger partial charge < -0.3 is 0 Å². The van der Waals surface area contributed by atoms with Gasteiger partial charge in [-0.25, -0.2) is 13.1 Å². The normalized spacial score (nSPS) is 16.0. The van der Waals surface area contributed by atoms with Gasteiger partial charge >= 0.3 is 0 Å². The first kappa shape index (κ1) is 16.3. The summed E-state index contributed by atoms with van der Waals surface area (Å²) in [4.78, 5) is -0.0240. The number of nitrogens with one attached hydrogen (secondary N) is 1. The van der Waals surface area contributed by atoms with E-state index in [1.54, 1.807) is 0 Å². The van der Waals surface area contributed by atoms with Crippen LogP contribution in [0.5, 0.6) is 0 Å². The van der Waals surface area contributed by atoms with Crippen LogP contribution >= 0.6 is 11.6 Å². The van der Waals surface area contributed by atoms with Gasteiger partial charge in [0.15, 0.2) is 0 Å². The van der Waals surface area contributed by atoms with E-state index < -0.39 is 10.0 Å². The molecule has 0 atom stereocenters. The van der Waals surface area contributed by atoms with E-state index in [1.807, 2.05) is 6.07 Å². The van der Waals surface area contributed by atoms with E-state index in [2.05, 4.69) is 4.72 Å². The highest BCUT2D eigenvalue weighted by Crippen LogP contribution is 2.28. The third kappa shape index (κ3) is 4.44. The molecule has 0 spiro atoms. The lowest BCUT2D eigenvalue weighted by molar-refractivity contribution is 0.480. The van der Waals surface area contributed by atoms with Gasteiger partial charge in [-0.05, 0) is 37.0 Å². The van der Waals surface area contributed by atoms with Crippen molar-refractivity contribution >= 4 is 21.6 Å². The van der Waals surface area contributed by atoms with Gasteiger partial charge in [0.25, 0.3) is 0 Å². The Hall–Kier alpha value is -1.09. The lowest BCUT2D eigenvalue weighted by Gasteiger charge is -2.11. The predicted molar refractivity (Wildman–Crippen MR) is 82.5 cm³/mol. The molecule has 1 aromatic carbocycles. The standard InChI is InChI=1S/C15H19ClN2O2S/c16-14-8-7-13(11-17)10-15(14)21(19,20)18-9-3-6-12-4-1-2-5-12/h7-8,10,12,18H,1-6,9H2. The largest absolute Gasteiger partial charge is 0.242 e. The van der Waals surface area contributed by atoms with E-state index in [1.165, 1.54) is 43.9 Å². The van der Waals surface area contributed by atoms with E-state index >= 15 is 0 Å². The smallest absolute Gasteiger partial charge is 0.211 e. The quantitative estimate of drug-likeness (QED) is 0.814. The Kier molecular flexibility index (Phi) is 5.63. The van der Waals surface area contributed by atoms with Gasteiger partial charge in [-0.2, -0.15) is 5.26 Å². The first-order chi connectivity index (χ1) is 10.0. The molecular formula is C15H19ClN2O2S. The van der Waals surface area contributed by atoms with Crippen molar-refractivity contribution in [3.8, 4) is 6.07 Å². The zero-order valence-electron chi connectivity index (χ0n) is 11.8. The molecule has 0 bridgehead atoms. The fourth-order valence-corrected chi connectivity index (χ4v) is 4.35. The van der Waals surface area contributed by atoms with Crippen molar-refractivity contribution in [3.05, 3.63) is 28.8 Å². The molecule has 1 aromatic rings. The Balaban J connectivity index is 1.93. The minimum Gasteiger partial charge on any atom is -0.211 e. The van der Waals surface area contributed by atoms with Gasteiger partial charge in [0, 0.05) is 6.54 Å². The van der Waals surface area contributed by atoms with Crippen molar-refractivity contribution in [2.24, 2.45) is 5.92 Å². The van der Waals surface area contributed by atoms with Crippen molar-refractivity contribution in [2.75, 3.05) is 6.54 Å². The molecule has 21 heavy (non-hydrogen) atoms. The average molecular weight is 327 g/mol. The minimum atomic E-state index is -3.65. The number of hydrogen-bond donors (Lipinski definition) is 1. The average Bonchev–Trinajstić information content (AvgIpc) is 2.97. The molecule has 1 aliphatic rings. The van der Waals surface area contributed by atoms with Crippen LogP contribution in [-0.4, -0.2) is 15.0 Å². The van der Waals surface area contributed by atoms with Crippen molar-refractivity contribution < 1.29 is 8.42 Å². The van der Waals surface area contributed by atoms with Crippen LogP contribution in [0.25, 0.3) is 0 Å². The molecule has 0 heterocycles. The molecule has 0 amide bonds. The molecule has 0 aromatic heterocycles. The third-order valence-corrected chi connectivity index (χ3v) is 5.85. The molecule has 4 nitrogen and oxygen atoms in total. The summed E-state index contributed by atoms with van der Waals surface area (Å²) in [5.41, 5.74) is 0.283. The second-order valence-corrected chi connectivity index (χ2v) is 7.59. The number of hydrogen-bond acceptors (Lipinski definition) is 3. The molecule has 0 saturated heterocycles. The Morgan fingerprint density at radius 2 is 2.05 bits per heavy atom. The van der Waals surface area contributed by atoms with Gasteiger partial charge in [-0.1, -0.05) is 37.3 Å². The van der Waals surface area contributed by atoms with Crippen molar-refractivity contribution in [3.63, 3.8) is 0 Å². The molecule has 1 N–H and O–H groups in total. The van der Waals surface area contributed by atoms with Gasteiger partial charge in [-0.3, -0.25) is 0 Å². The number of nitrogens with zero attached hydrogens (tertiary/aromatic N) is 1. The second-order valence-electron chi connectivity index (χ2n) is 5.45. The maximum absolute atomic E-state index is 12.2. The molecule has 2 rings (SSSR count). The number of halogens is 1. The van der Waals surface area contributed by atoms with Crippen LogP contribution in [0.1, 0.15) is 44.1 Å². The maximum atomic E-state index is 12.2. The Morgan fingerprint density at radius 1 is 1.33 bits per heavy atom. The fraction of sp³-hybridized carbons (Fsp3) is 0.533. The summed E-state index contributed by atoms with van der Waals surface area (Å²) in [7, 11) is -3.65. The fourth-order valence-electron chi connectivity index (χ4n) is 2.75. The summed E-state index contributed by atoms with van der Waals surface area (Å²) >= 11 is 5.93. The van der Waals surface area contributed by atoms with Crippen LogP contribution in [0.2, 0.25) is 5.02 Å². The van der Waals surface area contributed by atoms with E-state index in [4.69, 9.17) is 16.9 Å². The lowest BCUT2D eigenvalue weighted by Crippen LogP contribution is -2.25. The number of sulfonamides is 1. The molecule has 1 fully saturated rings. The first-order valence-corrected chi connectivity index (χ1v) is 9.08. The van der Waals surface area contributed by atoms with Gasteiger partial charge in [0.05, 0.1) is 16.7 Å². The lowest BCUT2D eigenvalue weighted by atomic mass is 10.0. The van der Waals surface area contributed by atoms with Crippen LogP contribution in [-0.2, 0) is 10.0 Å². The van der Waals surface area contributed by atoms with E-state index in [9.17, 15) is 8.42 Å². The Labute approximate surface area is 131 Å². The van der Waals surface area contributed by atoms with E-state index in [-0.39, 0.29) is 15.5 Å². The third-order valence-electron chi connectivity index (χ3n) is 3.91. The van der Waals surface area contributed by atoms with E-state index in [0.29, 0.717) is 6.54 Å². The van der Waals surface area contributed by atoms with Crippen LogP contribution in [0, 0.1) is 17.2 Å². The first-order valence-electron chi connectivity index (χ1n) is 7.22. The Bertz CT molecular complexity index is 632. The molecule has 0 unspecified atom stereocenters. The molecular weight excluding hydrogens is 308 g/mol. The zero-order valence-corrected chi connectivity index (χ0v) is 13.4. The number of benzene rings is 1. The predicted octanol–water partition coefficient (Wildman–Crippen LogP) is 3.46. The van der Waals surface area contributed by atoms with Gasteiger partial charge in [0.1, 0.15) is 4.90 Å². The number of nitriles is 1. The molecule has 0 radical (unpaired) electrons. The van der Waals surface area contributed by atoms with Gasteiger partial charge in [0.2, 0.25) is 10.0 Å². The summed E-state index contributed by atoms with van der Waals surface area (Å²) in [5.74, 6) is 0.750. The zero-order chi connectivity index (χ0) is 15.3. The van der Waals surface area contributed by atoms with E-state index in [0.717, 1.165) is 18.8 Å². The molecule has 6 heteroatoms. The maximum Gasteiger partial charge on any atom is 0.242 e. The van der Waals surface area contributed by atoms with Crippen molar-refractivity contribution in [2.45, 2.75) is 43.4 Å². The SMILES string of the molecule is N#Cc1ccc(Cl)c(S(=O)(=O)NCCCC2CCCC2)c1. The Morgan fingerprint density at radius 3 is 2.71 bits per heavy atom. The highest BCUT2D eigenvalue weighted by Gasteiger charge is 2.19. The van der Waals surface area contributed by atoms with Crippen molar-refractivity contribution in [1.82, 2.24) is 4.72 Å². The molecule has 1 aliphatic carbocycles. The van der Waals surface area contributed by atoms with Crippen molar-refractivity contribution in [1.29, 1.82) is 5.26 Å². The number of rotatable bonds is 6. The summed E-state index contributed by atoms with van der Waals surface area (Å²) < 4.78 is 27.0. The molecule has 114 valence electrons. The summed E-state index contributed by atoms with van der Waals surface area (Å²) in [6.45, 7) is 0.409. The molecule has 0 aliphatic heterocycles. The summed E-state index contributed by atoms with van der Waals surface area (Å²) in [5, 5.41) is 8.98. The van der Waals surface area contributed by atoms with Crippen LogP contribution in [0.15, 0.2) is 23.1 Å². The highest BCUT2D eigenvalue weighted by atomic mass is 35.5. The van der Waals surface area contributed by atoms with Crippen LogP contribution < -0.4 is 4.72 Å². The minimum absolute atomic E-state index is 0.0240. The van der Waals surface area contributed by atoms with Crippen LogP contribution in [0.4, 0.5) is 0 Å². The monoisotopic (exact) mass is 326 g/mol. The van der Waals surface area contributed by atoms with Crippen LogP contribution in [0.3, 0.4) is 0 Å². The topological polar surface area (TPSA) is 70.0 Å². The molecule has 1 saturated carbocycles. The second kappa shape index (κ2) is 7.26.